The fourth-order valence-electron chi connectivity index (χ4n) is 1.76. The molecule has 22 heavy (non-hydrogen) atoms. The second-order valence-electron chi connectivity index (χ2n) is 4.71. The van der Waals surface area contributed by atoms with Crippen molar-refractivity contribution in [2.45, 2.75) is 39.2 Å². The van der Waals surface area contributed by atoms with Gasteiger partial charge in [-0.15, -0.1) is 10.2 Å². The number of unbranched alkanes of at least 4 members (excludes halogenated alkanes) is 1. The van der Waals surface area contributed by atoms with Crippen LogP contribution in [-0.2, 0) is 17.8 Å². The van der Waals surface area contributed by atoms with Crippen LogP contribution in [0.2, 0.25) is 0 Å². The Hall–Kier alpha value is -2.29. The van der Waals surface area contributed by atoms with E-state index in [2.05, 4.69) is 27.4 Å². The zero-order chi connectivity index (χ0) is 15.9. The lowest BCUT2D eigenvalue weighted by Gasteiger charge is -2.03. The molecule has 2 aromatic heterocycles. The molecule has 0 fully saturated rings. The average molecular weight is 323 g/mol. The first kappa shape index (κ1) is 16.1. The zero-order valence-electron chi connectivity index (χ0n) is 12.2. The highest BCUT2D eigenvalue weighted by Gasteiger charge is 2.08. The van der Waals surface area contributed by atoms with Gasteiger partial charge in [-0.1, -0.05) is 24.7 Å². The normalized spacial score (nSPS) is 10.6. The van der Waals surface area contributed by atoms with Gasteiger partial charge in [0.25, 0.3) is 5.56 Å². The van der Waals surface area contributed by atoms with Crippen LogP contribution in [0.1, 0.15) is 31.2 Å². The molecule has 0 saturated heterocycles. The first-order chi connectivity index (χ1) is 10.6. The maximum absolute atomic E-state index is 11.8. The first-order valence-corrected chi connectivity index (χ1v) is 7.82. The minimum atomic E-state index is -0.530. The number of aromatic amines is 1. The van der Waals surface area contributed by atoms with Gasteiger partial charge in [-0.05, 0) is 6.42 Å². The van der Waals surface area contributed by atoms with E-state index in [9.17, 15) is 14.4 Å². The smallest absolute Gasteiger partial charge is 0.300 e. The summed E-state index contributed by atoms with van der Waals surface area (Å²) in [6.07, 6.45) is 4.45. The molecule has 8 nitrogen and oxygen atoms in total. The highest BCUT2D eigenvalue weighted by atomic mass is 32.1. The maximum atomic E-state index is 11.8. The van der Waals surface area contributed by atoms with Crippen LogP contribution in [0.25, 0.3) is 0 Å². The summed E-state index contributed by atoms with van der Waals surface area (Å²) in [6.45, 7) is 2.28. The molecule has 2 rings (SSSR count). The Bertz CT molecular complexity index is 748. The molecule has 0 spiro atoms. The molecule has 0 aliphatic carbocycles. The molecule has 0 aromatic carbocycles. The number of aromatic nitrogens is 4. The fraction of sp³-hybridized carbons (Fsp3) is 0.462. The monoisotopic (exact) mass is 323 g/mol. The minimum Gasteiger partial charge on any atom is -0.300 e. The summed E-state index contributed by atoms with van der Waals surface area (Å²) in [6, 6.07) is 1.24. The topological polar surface area (TPSA) is 110 Å². The van der Waals surface area contributed by atoms with Crippen molar-refractivity contribution in [1.82, 2.24) is 19.7 Å². The van der Waals surface area contributed by atoms with Gasteiger partial charge in [-0.25, -0.2) is 4.79 Å². The van der Waals surface area contributed by atoms with Crippen molar-refractivity contribution in [2.24, 2.45) is 0 Å². The molecule has 0 bridgehead atoms. The van der Waals surface area contributed by atoms with Gasteiger partial charge in [0.2, 0.25) is 11.0 Å². The molecule has 2 N–H and O–H groups in total. The fourth-order valence-corrected chi connectivity index (χ4v) is 2.55. The molecular weight excluding hydrogens is 306 g/mol. The lowest BCUT2D eigenvalue weighted by Crippen LogP contribution is -2.29. The highest BCUT2D eigenvalue weighted by Crippen LogP contribution is 2.17. The van der Waals surface area contributed by atoms with E-state index < -0.39 is 11.2 Å². The summed E-state index contributed by atoms with van der Waals surface area (Å²) < 4.78 is 1.27. The molecule has 118 valence electrons. The van der Waals surface area contributed by atoms with E-state index in [0.29, 0.717) is 5.13 Å². The molecule has 1 amide bonds. The van der Waals surface area contributed by atoms with Crippen molar-refractivity contribution in [3.63, 3.8) is 0 Å². The number of rotatable bonds is 7. The van der Waals surface area contributed by atoms with Crippen molar-refractivity contribution in [2.75, 3.05) is 5.32 Å². The zero-order valence-corrected chi connectivity index (χ0v) is 13.0. The van der Waals surface area contributed by atoms with E-state index in [0.717, 1.165) is 24.3 Å². The SMILES string of the molecule is CCCCc1nnc(NC(=O)CCn2ccc(=O)[nH]c2=O)s1. The highest BCUT2D eigenvalue weighted by molar-refractivity contribution is 7.15. The molecule has 9 heteroatoms. The van der Waals surface area contributed by atoms with Gasteiger partial charge in [0, 0.05) is 31.6 Å². The molecule has 0 saturated carbocycles. The Balaban J connectivity index is 1.86. The first-order valence-electron chi connectivity index (χ1n) is 7.00. The Morgan fingerprint density at radius 3 is 2.95 bits per heavy atom. The molecule has 0 unspecified atom stereocenters. The van der Waals surface area contributed by atoms with Crippen LogP contribution in [0.15, 0.2) is 21.9 Å². The van der Waals surface area contributed by atoms with Crippen molar-refractivity contribution in [3.05, 3.63) is 38.1 Å². The number of hydrogen-bond acceptors (Lipinski definition) is 6. The standard InChI is InChI=1S/C13H17N5O3S/c1-2-3-4-11-16-17-12(22-11)14-9(19)5-7-18-8-6-10(20)15-13(18)21/h6,8H,2-5,7H2,1H3,(H,14,17,19)(H,15,20,21). The number of nitrogens with zero attached hydrogens (tertiary/aromatic N) is 3. The van der Waals surface area contributed by atoms with Crippen molar-refractivity contribution in [1.29, 1.82) is 0 Å². The molecule has 2 aromatic rings. The largest absolute Gasteiger partial charge is 0.328 e. The van der Waals surface area contributed by atoms with Gasteiger partial charge in [0.05, 0.1) is 0 Å². The number of carbonyl (C=O) groups excluding carboxylic acids is 1. The lowest BCUT2D eigenvalue weighted by molar-refractivity contribution is -0.116. The van der Waals surface area contributed by atoms with Crippen molar-refractivity contribution in [3.8, 4) is 0 Å². The van der Waals surface area contributed by atoms with Crippen LogP contribution in [0.3, 0.4) is 0 Å². The summed E-state index contributed by atoms with van der Waals surface area (Å²) in [5, 5.41) is 11.9. The van der Waals surface area contributed by atoms with Gasteiger partial charge >= 0.3 is 5.69 Å². The van der Waals surface area contributed by atoms with E-state index in [-0.39, 0.29) is 18.9 Å². The summed E-state index contributed by atoms with van der Waals surface area (Å²) in [5.74, 6) is -0.253. The van der Waals surface area contributed by atoms with Crippen LogP contribution in [-0.4, -0.2) is 25.7 Å². The number of hydrogen-bond donors (Lipinski definition) is 2. The van der Waals surface area contributed by atoms with Crippen molar-refractivity contribution < 1.29 is 4.79 Å². The third-order valence-electron chi connectivity index (χ3n) is 2.93. The van der Waals surface area contributed by atoms with Gasteiger partial charge in [-0.2, -0.15) is 0 Å². The van der Waals surface area contributed by atoms with Crippen LogP contribution < -0.4 is 16.6 Å². The van der Waals surface area contributed by atoms with E-state index in [1.807, 2.05) is 0 Å². The van der Waals surface area contributed by atoms with Gasteiger partial charge in [0.1, 0.15) is 5.01 Å². The number of aryl methyl sites for hydroxylation is 2. The summed E-state index contributed by atoms with van der Waals surface area (Å²) >= 11 is 1.36. The quantitative estimate of drug-likeness (QED) is 0.781. The molecule has 2 heterocycles. The third kappa shape index (κ3) is 4.62. The number of anilines is 1. The third-order valence-corrected chi connectivity index (χ3v) is 3.83. The lowest BCUT2D eigenvalue weighted by atomic mass is 10.3. The summed E-state index contributed by atoms with van der Waals surface area (Å²) in [4.78, 5) is 36.4. The molecule has 0 aliphatic heterocycles. The Morgan fingerprint density at radius 2 is 2.23 bits per heavy atom. The van der Waals surface area contributed by atoms with Gasteiger partial charge in [0.15, 0.2) is 0 Å². The molecular formula is C13H17N5O3S. The average Bonchev–Trinajstić information content (AvgIpc) is 2.91. The predicted octanol–water partition coefficient (Wildman–Crippen LogP) is 0.759. The number of H-pyrrole nitrogens is 1. The second-order valence-corrected chi connectivity index (χ2v) is 5.77. The van der Waals surface area contributed by atoms with E-state index in [1.165, 1.54) is 28.2 Å². The van der Waals surface area contributed by atoms with E-state index in [4.69, 9.17) is 0 Å². The Morgan fingerprint density at radius 1 is 1.41 bits per heavy atom. The number of nitrogens with one attached hydrogen (secondary N) is 2. The second kappa shape index (κ2) is 7.64. The summed E-state index contributed by atoms with van der Waals surface area (Å²) in [7, 11) is 0. The maximum Gasteiger partial charge on any atom is 0.328 e. The minimum absolute atomic E-state index is 0.107. The van der Waals surface area contributed by atoms with Crippen LogP contribution in [0, 0.1) is 0 Å². The summed E-state index contributed by atoms with van der Waals surface area (Å²) in [5.41, 5.74) is -0.989. The predicted molar refractivity (Wildman–Crippen MR) is 83.1 cm³/mol. The van der Waals surface area contributed by atoms with Crippen molar-refractivity contribution >= 4 is 22.4 Å². The number of amides is 1. The van der Waals surface area contributed by atoms with Gasteiger partial charge in [-0.3, -0.25) is 14.6 Å². The van der Waals surface area contributed by atoms with Crippen LogP contribution in [0.4, 0.5) is 5.13 Å². The Kier molecular flexibility index (Phi) is 5.59. The van der Waals surface area contributed by atoms with Crippen LogP contribution >= 0.6 is 11.3 Å². The molecule has 0 atom stereocenters. The molecule has 0 aliphatic rings. The van der Waals surface area contributed by atoms with E-state index in [1.54, 1.807) is 0 Å². The van der Waals surface area contributed by atoms with Gasteiger partial charge < -0.3 is 9.88 Å². The van der Waals surface area contributed by atoms with Crippen LogP contribution in [0.5, 0.6) is 0 Å². The molecule has 0 radical (unpaired) electrons. The Labute approximate surface area is 130 Å². The number of carbonyl (C=O) groups is 1. The van der Waals surface area contributed by atoms with E-state index >= 15 is 0 Å².